The molecule has 0 spiro atoms. The van der Waals surface area contributed by atoms with Gasteiger partial charge in [-0.1, -0.05) is 6.92 Å². The zero-order valence-electron chi connectivity index (χ0n) is 13.6. The van der Waals surface area contributed by atoms with Gasteiger partial charge < -0.3 is 10.2 Å². The van der Waals surface area contributed by atoms with Crippen LogP contribution in [0.2, 0.25) is 0 Å². The van der Waals surface area contributed by atoms with Crippen LogP contribution in [-0.4, -0.2) is 25.6 Å². The van der Waals surface area contributed by atoms with Crippen LogP contribution in [0.1, 0.15) is 36.9 Å². The average Bonchev–Trinajstić information content (AvgIpc) is 2.87. The lowest BCUT2D eigenvalue weighted by atomic mass is 10.2. The Hall–Kier alpha value is -1.39. The van der Waals surface area contributed by atoms with Crippen LogP contribution in [0.25, 0.3) is 10.6 Å². The average molecular weight is 303 g/mol. The Labute approximate surface area is 132 Å². The molecule has 0 aliphatic rings. The van der Waals surface area contributed by atoms with Crippen LogP contribution in [0.3, 0.4) is 0 Å². The SMILES string of the molecule is CCCNC(C)c1sc(-c2ccc(N(C)C)cc2)nc1C. The van der Waals surface area contributed by atoms with Gasteiger partial charge in [0.25, 0.3) is 0 Å². The molecule has 21 heavy (non-hydrogen) atoms. The molecule has 4 heteroatoms. The maximum atomic E-state index is 4.75. The first-order valence-electron chi connectivity index (χ1n) is 7.51. The molecular weight excluding hydrogens is 278 g/mol. The summed E-state index contributed by atoms with van der Waals surface area (Å²) in [6.45, 7) is 7.56. The van der Waals surface area contributed by atoms with Crippen molar-refractivity contribution in [3.8, 4) is 10.6 Å². The number of rotatable bonds is 6. The quantitative estimate of drug-likeness (QED) is 0.865. The molecular formula is C17H25N3S. The van der Waals surface area contributed by atoms with Gasteiger partial charge in [-0.15, -0.1) is 11.3 Å². The van der Waals surface area contributed by atoms with Crippen molar-refractivity contribution < 1.29 is 0 Å². The van der Waals surface area contributed by atoms with Gasteiger partial charge in [0.05, 0.1) is 5.69 Å². The number of benzene rings is 1. The van der Waals surface area contributed by atoms with Crippen LogP contribution < -0.4 is 10.2 Å². The molecule has 2 rings (SSSR count). The fourth-order valence-corrected chi connectivity index (χ4v) is 3.39. The first-order valence-corrected chi connectivity index (χ1v) is 8.33. The second-order valence-electron chi connectivity index (χ2n) is 5.59. The van der Waals surface area contributed by atoms with Gasteiger partial charge in [-0.05, 0) is 51.1 Å². The van der Waals surface area contributed by atoms with E-state index in [2.05, 4.69) is 69.3 Å². The van der Waals surface area contributed by atoms with Crippen LogP contribution in [0.4, 0.5) is 5.69 Å². The highest BCUT2D eigenvalue weighted by Gasteiger charge is 2.14. The van der Waals surface area contributed by atoms with E-state index < -0.39 is 0 Å². The lowest BCUT2D eigenvalue weighted by Gasteiger charge is -2.12. The maximum Gasteiger partial charge on any atom is 0.123 e. The van der Waals surface area contributed by atoms with E-state index >= 15 is 0 Å². The molecule has 3 nitrogen and oxygen atoms in total. The summed E-state index contributed by atoms with van der Waals surface area (Å²) in [5, 5.41) is 4.65. The van der Waals surface area contributed by atoms with Crippen molar-refractivity contribution in [2.75, 3.05) is 25.5 Å². The summed E-state index contributed by atoms with van der Waals surface area (Å²) in [7, 11) is 4.11. The minimum atomic E-state index is 0.372. The molecule has 0 amide bonds. The Morgan fingerprint density at radius 2 is 1.90 bits per heavy atom. The second-order valence-corrected chi connectivity index (χ2v) is 6.62. The molecule has 0 radical (unpaired) electrons. The van der Waals surface area contributed by atoms with Gasteiger partial charge in [0, 0.05) is 36.3 Å². The van der Waals surface area contributed by atoms with Gasteiger partial charge in [-0.25, -0.2) is 4.98 Å². The van der Waals surface area contributed by atoms with Crippen LogP contribution in [0, 0.1) is 6.92 Å². The van der Waals surface area contributed by atoms with E-state index in [0.29, 0.717) is 6.04 Å². The smallest absolute Gasteiger partial charge is 0.123 e. The van der Waals surface area contributed by atoms with Crippen molar-refractivity contribution >= 4 is 17.0 Å². The third-order valence-corrected chi connectivity index (χ3v) is 4.95. The highest BCUT2D eigenvalue weighted by Crippen LogP contribution is 2.32. The third kappa shape index (κ3) is 3.83. The second kappa shape index (κ2) is 7.05. The van der Waals surface area contributed by atoms with Gasteiger partial charge in [-0.3, -0.25) is 0 Å². The van der Waals surface area contributed by atoms with Gasteiger partial charge in [0.1, 0.15) is 5.01 Å². The van der Waals surface area contributed by atoms with E-state index in [9.17, 15) is 0 Å². The maximum absolute atomic E-state index is 4.75. The molecule has 0 bridgehead atoms. The Morgan fingerprint density at radius 3 is 2.48 bits per heavy atom. The molecule has 0 aliphatic carbocycles. The number of hydrogen-bond acceptors (Lipinski definition) is 4. The number of aryl methyl sites for hydroxylation is 1. The predicted octanol–water partition coefficient (Wildman–Crippen LogP) is 4.25. The van der Waals surface area contributed by atoms with Gasteiger partial charge in [0.15, 0.2) is 0 Å². The van der Waals surface area contributed by atoms with E-state index in [1.54, 1.807) is 11.3 Å². The molecule has 0 fully saturated rings. The normalized spacial score (nSPS) is 12.4. The minimum Gasteiger partial charge on any atom is -0.378 e. The highest BCUT2D eigenvalue weighted by atomic mass is 32.1. The van der Waals surface area contributed by atoms with Gasteiger partial charge >= 0.3 is 0 Å². The summed E-state index contributed by atoms with van der Waals surface area (Å²) < 4.78 is 0. The molecule has 114 valence electrons. The van der Waals surface area contributed by atoms with Crippen LogP contribution in [0.5, 0.6) is 0 Å². The van der Waals surface area contributed by atoms with Crippen LogP contribution in [0.15, 0.2) is 24.3 Å². The summed E-state index contributed by atoms with van der Waals surface area (Å²) >= 11 is 1.80. The van der Waals surface area contributed by atoms with Crippen LogP contribution in [-0.2, 0) is 0 Å². The predicted molar refractivity (Wildman–Crippen MR) is 93.3 cm³/mol. The topological polar surface area (TPSA) is 28.2 Å². The summed E-state index contributed by atoms with van der Waals surface area (Å²) in [4.78, 5) is 8.20. The third-order valence-electron chi connectivity index (χ3n) is 3.56. The molecule has 0 saturated heterocycles. The molecule has 0 saturated carbocycles. The molecule has 1 atom stereocenters. The molecule has 1 aromatic heterocycles. The number of hydrogen-bond donors (Lipinski definition) is 1. The minimum absolute atomic E-state index is 0.372. The lowest BCUT2D eigenvalue weighted by Crippen LogP contribution is -2.18. The fourth-order valence-electron chi connectivity index (χ4n) is 2.29. The van der Waals surface area contributed by atoms with Crippen molar-refractivity contribution in [3.63, 3.8) is 0 Å². The monoisotopic (exact) mass is 303 g/mol. The Bertz CT molecular complexity index is 572. The number of nitrogens with zero attached hydrogens (tertiary/aromatic N) is 2. The first kappa shape index (κ1) is 16.0. The zero-order chi connectivity index (χ0) is 15.4. The van der Waals surface area contributed by atoms with Crippen LogP contribution >= 0.6 is 11.3 Å². The standard InChI is InChI=1S/C17H25N3S/c1-6-11-18-12(2)16-13(3)19-17(21-16)14-7-9-15(10-8-14)20(4)5/h7-10,12,18H,6,11H2,1-5H3. The molecule has 1 heterocycles. The van der Waals surface area contributed by atoms with E-state index in [1.165, 1.54) is 16.1 Å². The lowest BCUT2D eigenvalue weighted by molar-refractivity contribution is 0.575. The Kier molecular flexibility index (Phi) is 5.37. The summed E-state index contributed by atoms with van der Waals surface area (Å²) in [5.74, 6) is 0. The summed E-state index contributed by atoms with van der Waals surface area (Å²) in [6, 6.07) is 8.97. The van der Waals surface area contributed by atoms with Crippen molar-refractivity contribution in [2.45, 2.75) is 33.2 Å². The van der Waals surface area contributed by atoms with Crippen molar-refractivity contribution in [2.24, 2.45) is 0 Å². The van der Waals surface area contributed by atoms with Gasteiger partial charge in [-0.2, -0.15) is 0 Å². The van der Waals surface area contributed by atoms with E-state index in [-0.39, 0.29) is 0 Å². The highest BCUT2D eigenvalue weighted by molar-refractivity contribution is 7.15. The largest absolute Gasteiger partial charge is 0.378 e. The number of anilines is 1. The Morgan fingerprint density at radius 1 is 1.24 bits per heavy atom. The Balaban J connectivity index is 2.21. The first-order chi connectivity index (χ1) is 10.0. The van der Waals surface area contributed by atoms with E-state index in [1.807, 2.05) is 0 Å². The van der Waals surface area contributed by atoms with Crippen molar-refractivity contribution in [1.82, 2.24) is 10.3 Å². The van der Waals surface area contributed by atoms with E-state index in [0.717, 1.165) is 23.7 Å². The number of nitrogens with one attached hydrogen (secondary N) is 1. The summed E-state index contributed by atoms with van der Waals surface area (Å²) in [5.41, 5.74) is 3.55. The van der Waals surface area contributed by atoms with Crippen molar-refractivity contribution in [3.05, 3.63) is 34.8 Å². The molecule has 1 N–H and O–H groups in total. The number of aromatic nitrogens is 1. The fraction of sp³-hybridized carbons (Fsp3) is 0.471. The molecule has 1 unspecified atom stereocenters. The molecule has 0 aliphatic heterocycles. The summed E-state index contributed by atoms with van der Waals surface area (Å²) in [6.07, 6.45) is 1.15. The van der Waals surface area contributed by atoms with Gasteiger partial charge in [0.2, 0.25) is 0 Å². The molecule has 2 aromatic rings. The molecule has 1 aromatic carbocycles. The number of thiazole rings is 1. The zero-order valence-corrected chi connectivity index (χ0v) is 14.4. The van der Waals surface area contributed by atoms with E-state index in [4.69, 9.17) is 4.98 Å². The van der Waals surface area contributed by atoms with Crippen molar-refractivity contribution in [1.29, 1.82) is 0 Å².